The molecule has 0 aromatic heterocycles. The molecule has 4 rings (SSSR count). The minimum atomic E-state index is -0.190. The summed E-state index contributed by atoms with van der Waals surface area (Å²) in [4.78, 5) is 29.9. The second-order valence-electron chi connectivity index (χ2n) is 6.69. The number of likely N-dealkylation sites (N-methyl/N-ethyl adjacent to an activating group) is 1. The van der Waals surface area contributed by atoms with E-state index in [-0.39, 0.29) is 11.8 Å². The van der Waals surface area contributed by atoms with Crippen LogP contribution in [0.5, 0.6) is 5.75 Å². The number of methoxy groups -OCH3 is 1. The van der Waals surface area contributed by atoms with E-state index in [0.717, 1.165) is 22.6 Å². The molecule has 0 aliphatic carbocycles. The number of hydrogen-bond acceptors (Lipinski definition) is 5. The van der Waals surface area contributed by atoms with E-state index >= 15 is 0 Å². The lowest BCUT2D eigenvalue weighted by Gasteiger charge is -2.15. The number of benzene rings is 2. The van der Waals surface area contributed by atoms with Gasteiger partial charge in [0, 0.05) is 18.7 Å². The average molecular weight is 425 g/mol. The molecule has 148 valence electrons. The van der Waals surface area contributed by atoms with Gasteiger partial charge in [-0.05, 0) is 37.1 Å². The van der Waals surface area contributed by atoms with Crippen LogP contribution in [0.1, 0.15) is 18.1 Å². The molecular formula is C22H20N2O3S2. The Morgan fingerprint density at radius 1 is 1.00 bits per heavy atom. The van der Waals surface area contributed by atoms with Gasteiger partial charge in [-0.2, -0.15) is 0 Å². The van der Waals surface area contributed by atoms with Crippen LogP contribution >= 0.6 is 24.0 Å². The zero-order valence-electron chi connectivity index (χ0n) is 16.2. The van der Waals surface area contributed by atoms with Crippen LogP contribution in [0.3, 0.4) is 0 Å². The van der Waals surface area contributed by atoms with Gasteiger partial charge in [-0.15, -0.1) is 0 Å². The van der Waals surface area contributed by atoms with E-state index in [1.807, 2.05) is 55.5 Å². The van der Waals surface area contributed by atoms with Crippen molar-refractivity contribution >= 4 is 51.4 Å². The molecule has 0 unspecified atom stereocenters. The fraction of sp³-hybridized carbons (Fsp3) is 0.227. The van der Waals surface area contributed by atoms with Gasteiger partial charge in [-0.3, -0.25) is 14.5 Å². The molecule has 0 saturated carbocycles. The summed E-state index contributed by atoms with van der Waals surface area (Å²) in [5, 5.41) is 0. The third-order valence-corrected chi connectivity index (χ3v) is 6.55. The van der Waals surface area contributed by atoms with Crippen molar-refractivity contribution in [2.45, 2.75) is 13.3 Å². The van der Waals surface area contributed by atoms with Crippen LogP contribution in [0.15, 0.2) is 53.4 Å². The predicted octanol–water partition coefficient (Wildman–Crippen LogP) is 3.88. The summed E-state index contributed by atoms with van der Waals surface area (Å²) < 4.78 is 5.67. The number of carbonyl (C=O) groups excluding carboxylic acids is 2. The molecule has 1 fully saturated rings. The number of thiocarbonyl (C=S) groups is 1. The lowest BCUT2D eigenvalue weighted by Crippen LogP contribution is -2.31. The number of ether oxygens (including phenoxy) is 1. The summed E-state index contributed by atoms with van der Waals surface area (Å²) in [7, 11) is 1.63. The van der Waals surface area contributed by atoms with E-state index < -0.39 is 0 Å². The van der Waals surface area contributed by atoms with E-state index in [1.54, 1.807) is 16.9 Å². The van der Waals surface area contributed by atoms with Crippen LogP contribution in [0.2, 0.25) is 0 Å². The van der Waals surface area contributed by atoms with E-state index in [9.17, 15) is 9.59 Å². The second kappa shape index (κ2) is 8.00. The zero-order valence-corrected chi connectivity index (χ0v) is 17.8. The van der Waals surface area contributed by atoms with Crippen molar-refractivity contribution in [3.63, 3.8) is 0 Å². The minimum absolute atomic E-state index is 0.135. The Balaban J connectivity index is 1.60. The predicted molar refractivity (Wildman–Crippen MR) is 120 cm³/mol. The molecule has 0 bridgehead atoms. The molecule has 2 aromatic rings. The first-order valence-corrected chi connectivity index (χ1v) is 10.6. The maximum Gasteiger partial charge on any atom is 0.267 e. The SMILES string of the molecule is CCN1C(=O)C(=C2SC(=S)N(CCc3ccc(OC)cc3)C2=O)c2ccccc21. The summed E-state index contributed by atoms with van der Waals surface area (Å²) in [6.45, 7) is 2.95. The summed E-state index contributed by atoms with van der Waals surface area (Å²) in [6, 6.07) is 15.3. The first kappa shape index (κ1) is 19.7. The average Bonchev–Trinajstić information content (AvgIpc) is 3.18. The van der Waals surface area contributed by atoms with Gasteiger partial charge in [-0.25, -0.2) is 0 Å². The fourth-order valence-corrected chi connectivity index (χ4v) is 4.97. The van der Waals surface area contributed by atoms with Crippen molar-refractivity contribution in [2.24, 2.45) is 0 Å². The highest BCUT2D eigenvalue weighted by atomic mass is 32.2. The van der Waals surface area contributed by atoms with Crippen molar-refractivity contribution in [3.8, 4) is 5.75 Å². The molecule has 29 heavy (non-hydrogen) atoms. The van der Waals surface area contributed by atoms with Crippen molar-refractivity contribution < 1.29 is 14.3 Å². The standard InChI is InChI=1S/C22H20N2O3S2/c1-3-23-17-7-5-4-6-16(17)18(20(23)25)19-21(26)24(22(28)29-19)13-12-14-8-10-15(27-2)11-9-14/h4-11H,3,12-13H2,1-2H3. The number of nitrogens with zero attached hydrogens (tertiary/aromatic N) is 2. The fourth-order valence-electron chi connectivity index (χ4n) is 3.59. The van der Waals surface area contributed by atoms with Gasteiger partial charge in [0.2, 0.25) is 0 Å². The molecule has 1 saturated heterocycles. The van der Waals surface area contributed by atoms with E-state index in [2.05, 4.69) is 0 Å². The van der Waals surface area contributed by atoms with Gasteiger partial charge in [0.25, 0.3) is 11.8 Å². The number of anilines is 1. The Morgan fingerprint density at radius 3 is 2.41 bits per heavy atom. The van der Waals surface area contributed by atoms with Crippen LogP contribution in [-0.2, 0) is 16.0 Å². The third kappa shape index (κ3) is 3.45. The Kier molecular flexibility index (Phi) is 5.43. The molecule has 2 amide bonds. The Hall–Kier alpha value is -2.64. The van der Waals surface area contributed by atoms with Gasteiger partial charge in [0.15, 0.2) is 0 Å². The summed E-state index contributed by atoms with van der Waals surface area (Å²) in [5.41, 5.74) is 3.20. The van der Waals surface area contributed by atoms with Gasteiger partial charge in [-0.1, -0.05) is 54.3 Å². The topological polar surface area (TPSA) is 49.9 Å². The zero-order chi connectivity index (χ0) is 20.5. The highest BCUT2D eigenvalue weighted by Crippen LogP contribution is 2.44. The lowest BCUT2D eigenvalue weighted by molar-refractivity contribution is -0.122. The first-order valence-electron chi connectivity index (χ1n) is 9.37. The van der Waals surface area contributed by atoms with Crippen LogP contribution in [-0.4, -0.2) is 41.2 Å². The van der Waals surface area contributed by atoms with Gasteiger partial charge in [0.05, 0.1) is 23.3 Å². The molecule has 7 heteroatoms. The number of carbonyl (C=O) groups is 2. The van der Waals surface area contributed by atoms with E-state index in [1.165, 1.54) is 11.8 Å². The van der Waals surface area contributed by atoms with E-state index in [4.69, 9.17) is 17.0 Å². The van der Waals surface area contributed by atoms with Crippen LogP contribution in [0.4, 0.5) is 5.69 Å². The smallest absolute Gasteiger partial charge is 0.267 e. The monoisotopic (exact) mass is 424 g/mol. The highest BCUT2D eigenvalue weighted by molar-refractivity contribution is 8.26. The normalized spacial score (nSPS) is 18.6. The van der Waals surface area contributed by atoms with Gasteiger partial charge in [0.1, 0.15) is 10.1 Å². The molecule has 0 spiro atoms. The van der Waals surface area contributed by atoms with Crippen LogP contribution in [0.25, 0.3) is 5.57 Å². The molecule has 2 heterocycles. The molecule has 2 aromatic carbocycles. The molecule has 2 aliphatic heterocycles. The Morgan fingerprint density at radius 2 is 1.72 bits per heavy atom. The Labute approximate surface area is 179 Å². The summed E-state index contributed by atoms with van der Waals surface area (Å²) in [5.74, 6) is 0.469. The van der Waals surface area contributed by atoms with Crippen molar-refractivity contribution in [3.05, 3.63) is 64.6 Å². The number of rotatable bonds is 5. The van der Waals surface area contributed by atoms with Crippen molar-refractivity contribution in [2.75, 3.05) is 25.1 Å². The molecule has 0 N–H and O–H groups in total. The maximum absolute atomic E-state index is 13.1. The van der Waals surface area contributed by atoms with Crippen LogP contribution < -0.4 is 9.64 Å². The third-order valence-electron chi connectivity index (χ3n) is 5.10. The molecular weight excluding hydrogens is 404 g/mol. The summed E-state index contributed by atoms with van der Waals surface area (Å²) in [6.07, 6.45) is 0.671. The largest absolute Gasteiger partial charge is 0.497 e. The molecule has 0 atom stereocenters. The van der Waals surface area contributed by atoms with Gasteiger partial charge < -0.3 is 9.64 Å². The number of amides is 2. The van der Waals surface area contributed by atoms with Crippen molar-refractivity contribution in [1.29, 1.82) is 0 Å². The summed E-state index contributed by atoms with van der Waals surface area (Å²) >= 11 is 6.69. The highest BCUT2D eigenvalue weighted by Gasteiger charge is 2.41. The number of para-hydroxylation sites is 1. The van der Waals surface area contributed by atoms with Crippen molar-refractivity contribution in [1.82, 2.24) is 4.90 Å². The Bertz CT molecular complexity index is 1030. The van der Waals surface area contributed by atoms with Crippen LogP contribution in [0, 0.1) is 0 Å². The molecule has 5 nitrogen and oxygen atoms in total. The molecule has 2 aliphatic rings. The van der Waals surface area contributed by atoms with E-state index in [0.29, 0.717) is 34.3 Å². The minimum Gasteiger partial charge on any atom is -0.497 e. The lowest BCUT2D eigenvalue weighted by atomic mass is 10.1. The second-order valence-corrected chi connectivity index (χ2v) is 8.34. The maximum atomic E-state index is 13.1. The molecule has 0 radical (unpaired) electrons. The number of thioether (sulfide) groups is 1. The number of fused-ring (bicyclic) bond motifs is 1. The van der Waals surface area contributed by atoms with Gasteiger partial charge >= 0.3 is 0 Å². The quantitative estimate of drug-likeness (QED) is 0.539. The first-order chi connectivity index (χ1) is 14.0. The number of hydrogen-bond donors (Lipinski definition) is 0.